The van der Waals surface area contributed by atoms with E-state index in [1.54, 1.807) is 18.2 Å². The molecule has 8 heteroatoms. The van der Waals surface area contributed by atoms with Crippen molar-refractivity contribution in [3.63, 3.8) is 0 Å². The average Bonchev–Trinajstić information content (AvgIpc) is 3.24. The molecule has 4 aliphatic rings. The number of para-hydroxylation sites is 1. The SMILES string of the molecule is COc1c(CC(NC(=O)c2ccccc2)B2OC3CC4CC(C4(C)C)C3(C)O2)cccc1C(=O)OC(C)(C)C. The summed E-state index contributed by atoms with van der Waals surface area (Å²) in [6, 6.07) is 14.5. The van der Waals surface area contributed by atoms with Crippen LogP contribution in [0.25, 0.3) is 0 Å². The fourth-order valence-electron chi connectivity index (χ4n) is 6.84. The number of benzene rings is 2. The molecule has 1 N–H and O–H groups in total. The lowest BCUT2D eigenvalue weighted by molar-refractivity contribution is -0.199. The largest absolute Gasteiger partial charge is 0.496 e. The molecule has 0 aromatic heterocycles. The van der Waals surface area contributed by atoms with Crippen LogP contribution in [0.4, 0.5) is 0 Å². The maximum Gasteiger partial charge on any atom is 0.482 e. The second-order valence-corrected chi connectivity index (χ2v) is 13.0. The highest BCUT2D eigenvalue weighted by atomic mass is 16.7. The Morgan fingerprint density at radius 3 is 2.44 bits per heavy atom. The first kappa shape index (κ1) is 27.7. The third kappa shape index (κ3) is 5.09. The van der Waals surface area contributed by atoms with Crippen LogP contribution in [0.3, 0.4) is 0 Å². The highest BCUT2D eigenvalue weighted by Crippen LogP contribution is 2.65. The summed E-state index contributed by atoms with van der Waals surface area (Å²) in [5.41, 5.74) is 0.807. The van der Waals surface area contributed by atoms with Crippen LogP contribution in [0.1, 0.15) is 80.7 Å². The number of nitrogens with one attached hydrogen (secondary N) is 1. The topological polar surface area (TPSA) is 83.1 Å². The van der Waals surface area contributed by atoms with E-state index in [4.69, 9.17) is 18.8 Å². The summed E-state index contributed by atoms with van der Waals surface area (Å²) >= 11 is 0. The van der Waals surface area contributed by atoms with Gasteiger partial charge in [-0.2, -0.15) is 0 Å². The maximum atomic E-state index is 13.3. The van der Waals surface area contributed by atoms with Gasteiger partial charge in [-0.25, -0.2) is 4.79 Å². The number of esters is 1. The fraction of sp³-hybridized carbons (Fsp3) is 0.548. The number of ether oxygens (including phenoxy) is 2. The molecule has 2 bridgehead atoms. The van der Waals surface area contributed by atoms with Crippen molar-refractivity contribution in [2.24, 2.45) is 17.3 Å². The van der Waals surface area contributed by atoms with Gasteiger partial charge in [0.05, 0.1) is 24.8 Å². The van der Waals surface area contributed by atoms with Crippen molar-refractivity contribution in [1.29, 1.82) is 0 Å². The summed E-state index contributed by atoms with van der Waals surface area (Å²) in [6.45, 7) is 12.3. The Morgan fingerprint density at radius 1 is 1.08 bits per heavy atom. The quantitative estimate of drug-likeness (QED) is 0.386. The minimum absolute atomic E-state index is 0.0228. The summed E-state index contributed by atoms with van der Waals surface area (Å²) in [6.07, 6.45) is 2.42. The van der Waals surface area contributed by atoms with E-state index < -0.39 is 30.2 Å². The number of hydrogen-bond donors (Lipinski definition) is 1. The Balaban J connectivity index is 1.45. The first-order valence-electron chi connectivity index (χ1n) is 13.9. The maximum absolute atomic E-state index is 13.3. The van der Waals surface area contributed by atoms with Gasteiger partial charge in [-0.1, -0.05) is 44.2 Å². The first-order valence-corrected chi connectivity index (χ1v) is 13.9. The van der Waals surface area contributed by atoms with Crippen LogP contribution < -0.4 is 10.1 Å². The summed E-state index contributed by atoms with van der Waals surface area (Å²) < 4.78 is 24.7. The molecule has 0 spiro atoms. The summed E-state index contributed by atoms with van der Waals surface area (Å²) in [5, 5.41) is 3.18. The highest BCUT2D eigenvalue weighted by Gasteiger charge is 2.68. The molecule has 3 saturated carbocycles. The Hall–Kier alpha value is -2.84. The van der Waals surface area contributed by atoms with E-state index in [0.29, 0.717) is 35.1 Å². The Morgan fingerprint density at radius 2 is 1.79 bits per heavy atom. The molecule has 208 valence electrons. The fourth-order valence-corrected chi connectivity index (χ4v) is 6.84. The van der Waals surface area contributed by atoms with Crippen molar-refractivity contribution < 1.29 is 28.4 Å². The third-order valence-electron chi connectivity index (χ3n) is 9.01. The Kier molecular flexibility index (Phi) is 7.09. The Labute approximate surface area is 232 Å². The molecule has 3 aliphatic carbocycles. The van der Waals surface area contributed by atoms with Crippen molar-refractivity contribution in [2.45, 2.75) is 84.1 Å². The zero-order chi connectivity index (χ0) is 28.2. The average molecular weight is 533 g/mol. The van der Waals surface area contributed by atoms with E-state index >= 15 is 0 Å². The Bertz CT molecular complexity index is 1240. The van der Waals surface area contributed by atoms with Crippen LogP contribution in [-0.2, 0) is 20.5 Å². The minimum Gasteiger partial charge on any atom is -0.496 e. The number of carbonyl (C=O) groups is 2. The lowest BCUT2D eigenvalue weighted by Crippen LogP contribution is -2.65. The molecule has 1 amide bonds. The molecular formula is C31H40BNO6. The predicted molar refractivity (Wildman–Crippen MR) is 150 cm³/mol. The lowest BCUT2D eigenvalue weighted by Gasteiger charge is -2.64. The molecule has 1 saturated heterocycles. The van der Waals surface area contributed by atoms with Gasteiger partial charge in [0.15, 0.2) is 0 Å². The van der Waals surface area contributed by atoms with E-state index in [1.807, 2.05) is 51.1 Å². The van der Waals surface area contributed by atoms with Crippen LogP contribution in [0.15, 0.2) is 48.5 Å². The lowest BCUT2D eigenvalue weighted by atomic mass is 9.43. The normalized spacial score (nSPS) is 27.7. The van der Waals surface area contributed by atoms with Gasteiger partial charge in [-0.3, -0.25) is 4.79 Å². The minimum atomic E-state index is -0.643. The van der Waals surface area contributed by atoms with Gasteiger partial charge in [0.2, 0.25) is 0 Å². The number of hydrogen-bond acceptors (Lipinski definition) is 6. The van der Waals surface area contributed by atoms with Crippen molar-refractivity contribution >= 4 is 19.0 Å². The smallest absolute Gasteiger partial charge is 0.482 e. The summed E-state index contributed by atoms with van der Waals surface area (Å²) in [5.74, 6) is 0.263. The molecule has 2 aromatic carbocycles. The van der Waals surface area contributed by atoms with Gasteiger partial charge < -0.3 is 24.1 Å². The van der Waals surface area contributed by atoms with Gasteiger partial charge >= 0.3 is 13.1 Å². The number of amides is 1. The molecule has 5 atom stereocenters. The molecule has 7 nitrogen and oxygen atoms in total. The molecule has 1 aliphatic heterocycles. The zero-order valence-electron chi connectivity index (χ0n) is 24.1. The molecule has 0 radical (unpaired) electrons. The number of rotatable bonds is 7. The van der Waals surface area contributed by atoms with Crippen LogP contribution in [0.5, 0.6) is 5.75 Å². The van der Waals surface area contributed by atoms with Crippen molar-refractivity contribution in [3.8, 4) is 5.75 Å². The van der Waals surface area contributed by atoms with E-state index in [2.05, 4.69) is 26.1 Å². The molecule has 2 aromatic rings. The van der Waals surface area contributed by atoms with Crippen molar-refractivity contribution in [1.82, 2.24) is 5.32 Å². The van der Waals surface area contributed by atoms with Gasteiger partial charge in [0.1, 0.15) is 16.9 Å². The summed E-state index contributed by atoms with van der Waals surface area (Å²) in [4.78, 5) is 26.3. The summed E-state index contributed by atoms with van der Waals surface area (Å²) in [7, 11) is 0.898. The van der Waals surface area contributed by atoms with Crippen molar-refractivity contribution in [2.75, 3.05) is 7.11 Å². The monoisotopic (exact) mass is 533 g/mol. The van der Waals surface area contributed by atoms with Gasteiger partial charge in [0, 0.05) is 5.56 Å². The van der Waals surface area contributed by atoms with E-state index in [9.17, 15) is 9.59 Å². The van der Waals surface area contributed by atoms with Crippen LogP contribution in [0, 0.1) is 17.3 Å². The zero-order valence-corrected chi connectivity index (χ0v) is 24.1. The van der Waals surface area contributed by atoms with Gasteiger partial charge in [-0.15, -0.1) is 0 Å². The first-order chi connectivity index (χ1) is 18.3. The van der Waals surface area contributed by atoms with Gasteiger partial charge in [-0.05, 0) is 88.0 Å². The standard InChI is InChI=1S/C31H40BNO6/c1-29(2,3)37-28(35)22-15-11-14-20(26(22)36-7)16-25(33-27(34)19-12-9-8-10-13-19)32-38-24-18-21-17-23(30(21,4)5)31(24,6)39-32/h8-15,21,23-25H,16-18H2,1-7H3,(H,33,34). The van der Waals surface area contributed by atoms with Crippen molar-refractivity contribution in [3.05, 3.63) is 65.2 Å². The molecule has 39 heavy (non-hydrogen) atoms. The van der Waals surface area contributed by atoms with E-state index in [-0.39, 0.29) is 17.4 Å². The van der Waals surface area contributed by atoms with Crippen LogP contribution in [-0.4, -0.2) is 49.4 Å². The molecule has 6 rings (SSSR count). The van der Waals surface area contributed by atoms with E-state index in [0.717, 1.165) is 18.4 Å². The number of methoxy groups -OCH3 is 1. The van der Waals surface area contributed by atoms with E-state index in [1.165, 1.54) is 7.11 Å². The molecule has 4 fully saturated rings. The third-order valence-corrected chi connectivity index (χ3v) is 9.01. The van der Waals surface area contributed by atoms with Crippen LogP contribution in [0.2, 0.25) is 0 Å². The molecule has 5 unspecified atom stereocenters. The second-order valence-electron chi connectivity index (χ2n) is 13.0. The van der Waals surface area contributed by atoms with Crippen LogP contribution >= 0.6 is 0 Å². The highest BCUT2D eigenvalue weighted by molar-refractivity contribution is 6.48. The second kappa shape index (κ2) is 9.97. The predicted octanol–water partition coefficient (Wildman–Crippen LogP) is 5.26. The molecular weight excluding hydrogens is 493 g/mol. The molecule has 1 heterocycles. The van der Waals surface area contributed by atoms with Gasteiger partial charge in [0.25, 0.3) is 5.91 Å². The number of carbonyl (C=O) groups excluding carboxylic acids is 2.